The molecule has 1 heteroatoms. The molecule has 0 aliphatic rings. The van der Waals surface area contributed by atoms with E-state index in [9.17, 15) is 0 Å². The first kappa shape index (κ1) is 14.5. The predicted molar refractivity (Wildman–Crippen MR) is 87.5 cm³/mol. The fourth-order valence-corrected chi connectivity index (χ4v) is 2.17. The highest BCUT2D eigenvalue weighted by atomic mass is 15.1. The molecule has 2 aromatic carbocycles. The van der Waals surface area contributed by atoms with Gasteiger partial charge in [-0.25, -0.2) is 0 Å². The maximum absolute atomic E-state index is 2.39. The molecular weight excluding hydrogens is 242 g/mol. The summed E-state index contributed by atoms with van der Waals surface area (Å²) in [5.74, 6) is 0. The van der Waals surface area contributed by atoms with Gasteiger partial charge in [0.15, 0.2) is 0 Å². The first-order chi connectivity index (χ1) is 9.75. The predicted octanol–water partition coefficient (Wildman–Crippen LogP) is 4.61. The number of nitrogens with zero attached hydrogens (tertiary/aromatic N) is 1. The summed E-state index contributed by atoms with van der Waals surface area (Å²) in [5, 5.41) is 0. The van der Waals surface area contributed by atoms with Gasteiger partial charge in [0.05, 0.1) is 0 Å². The molecule has 1 unspecified atom stereocenters. The number of hydrogen-bond acceptors (Lipinski definition) is 1. The van der Waals surface area contributed by atoms with E-state index < -0.39 is 0 Å². The molecular formula is C19H23N. The van der Waals surface area contributed by atoms with Gasteiger partial charge in [0.1, 0.15) is 0 Å². The molecule has 0 amide bonds. The summed E-state index contributed by atoms with van der Waals surface area (Å²) in [5.41, 5.74) is 2.64. The van der Waals surface area contributed by atoms with E-state index in [1.807, 2.05) is 6.07 Å². The van der Waals surface area contributed by atoms with Crippen molar-refractivity contribution >= 4 is 6.08 Å². The Morgan fingerprint density at radius 3 is 2.20 bits per heavy atom. The zero-order valence-corrected chi connectivity index (χ0v) is 12.4. The minimum absolute atomic E-state index is 0.537. The van der Waals surface area contributed by atoms with Crippen LogP contribution in [0.15, 0.2) is 66.7 Å². The lowest BCUT2D eigenvalue weighted by atomic mass is 10.1. The SMILES string of the molecule is CC(CC=Cc1ccccc1)N(C)Cc1ccccc1. The average molecular weight is 265 g/mol. The summed E-state index contributed by atoms with van der Waals surface area (Å²) in [6, 6.07) is 21.6. The van der Waals surface area contributed by atoms with Crippen LogP contribution in [-0.2, 0) is 6.54 Å². The molecule has 0 aromatic heterocycles. The van der Waals surface area contributed by atoms with Crippen molar-refractivity contribution in [3.8, 4) is 0 Å². The van der Waals surface area contributed by atoms with Crippen LogP contribution in [-0.4, -0.2) is 18.0 Å². The summed E-state index contributed by atoms with van der Waals surface area (Å²) in [4.78, 5) is 2.39. The number of rotatable bonds is 6. The standard InChI is InChI=1S/C19H23N/c1-17(10-9-15-18-11-5-3-6-12-18)20(2)16-19-13-7-4-8-14-19/h3-9,11-15,17H,10,16H2,1-2H3. The van der Waals surface area contributed by atoms with Crippen molar-refractivity contribution < 1.29 is 0 Å². The summed E-state index contributed by atoms with van der Waals surface area (Å²) in [7, 11) is 2.19. The molecule has 20 heavy (non-hydrogen) atoms. The molecule has 0 N–H and O–H groups in total. The first-order valence-electron chi connectivity index (χ1n) is 7.21. The molecule has 0 spiro atoms. The molecule has 0 aliphatic heterocycles. The van der Waals surface area contributed by atoms with Gasteiger partial charge in [-0.05, 0) is 31.5 Å². The van der Waals surface area contributed by atoms with Gasteiger partial charge in [0.25, 0.3) is 0 Å². The molecule has 1 nitrogen and oxygen atoms in total. The van der Waals surface area contributed by atoms with Gasteiger partial charge in [-0.1, -0.05) is 72.8 Å². The van der Waals surface area contributed by atoms with Crippen LogP contribution in [0.25, 0.3) is 6.08 Å². The lowest BCUT2D eigenvalue weighted by molar-refractivity contribution is 0.251. The van der Waals surface area contributed by atoms with Crippen LogP contribution >= 0.6 is 0 Å². The highest BCUT2D eigenvalue weighted by molar-refractivity contribution is 5.48. The second-order valence-electron chi connectivity index (χ2n) is 5.30. The molecule has 0 radical (unpaired) electrons. The van der Waals surface area contributed by atoms with Crippen LogP contribution in [0.3, 0.4) is 0 Å². The molecule has 1 atom stereocenters. The fraction of sp³-hybridized carbons (Fsp3) is 0.263. The normalized spacial score (nSPS) is 12.9. The van der Waals surface area contributed by atoms with Crippen molar-refractivity contribution in [1.29, 1.82) is 0 Å². The van der Waals surface area contributed by atoms with E-state index in [2.05, 4.69) is 85.6 Å². The molecule has 0 fully saturated rings. The summed E-state index contributed by atoms with van der Waals surface area (Å²) in [6.07, 6.45) is 5.53. The topological polar surface area (TPSA) is 3.24 Å². The zero-order chi connectivity index (χ0) is 14.2. The van der Waals surface area contributed by atoms with E-state index in [0.29, 0.717) is 6.04 Å². The van der Waals surface area contributed by atoms with E-state index in [-0.39, 0.29) is 0 Å². The Balaban J connectivity index is 1.82. The number of hydrogen-bond donors (Lipinski definition) is 0. The van der Waals surface area contributed by atoms with Crippen molar-refractivity contribution in [1.82, 2.24) is 4.90 Å². The minimum atomic E-state index is 0.537. The molecule has 104 valence electrons. The second kappa shape index (κ2) is 7.66. The molecule has 0 saturated heterocycles. The largest absolute Gasteiger partial charge is 0.299 e. The molecule has 0 saturated carbocycles. The van der Waals surface area contributed by atoms with Crippen molar-refractivity contribution in [2.75, 3.05) is 7.05 Å². The van der Waals surface area contributed by atoms with Crippen molar-refractivity contribution in [2.45, 2.75) is 25.9 Å². The Bertz CT molecular complexity index is 516. The quantitative estimate of drug-likeness (QED) is 0.737. The molecule has 0 aliphatic carbocycles. The van der Waals surface area contributed by atoms with E-state index >= 15 is 0 Å². The lowest BCUT2D eigenvalue weighted by Gasteiger charge is -2.23. The van der Waals surface area contributed by atoms with E-state index in [0.717, 1.165) is 13.0 Å². The van der Waals surface area contributed by atoms with Crippen LogP contribution in [0.4, 0.5) is 0 Å². The van der Waals surface area contributed by atoms with Gasteiger partial charge in [-0.3, -0.25) is 4.90 Å². The smallest absolute Gasteiger partial charge is 0.0233 e. The third-order valence-electron chi connectivity index (χ3n) is 3.61. The van der Waals surface area contributed by atoms with Crippen LogP contribution in [0.1, 0.15) is 24.5 Å². The van der Waals surface area contributed by atoms with Crippen LogP contribution in [0.5, 0.6) is 0 Å². The highest BCUT2D eigenvalue weighted by Gasteiger charge is 2.07. The molecule has 2 aromatic rings. The molecule has 0 bridgehead atoms. The zero-order valence-electron chi connectivity index (χ0n) is 12.4. The Morgan fingerprint density at radius 2 is 1.55 bits per heavy atom. The molecule has 0 heterocycles. The Kier molecular flexibility index (Phi) is 5.57. The van der Waals surface area contributed by atoms with Gasteiger partial charge in [-0.15, -0.1) is 0 Å². The van der Waals surface area contributed by atoms with Gasteiger partial charge >= 0.3 is 0 Å². The van der Waals surface area contributed by atoms with Crippen LogP contribution < -0.4 is 0 Å². The van der Waals surface area contributed by atoms with Gasteiger partial charge < -0.3 is 0 Å². The maximum Gasteiger partial charge on any atom is 0.0233 e. The van der Waals surface area contributed by atoms with Crippen molar-refractivity contribution in [3.63, 3.8) is 0 Å². The lowest BCUT2D eigenvalue weighted by Crippen LogP contribution is -2.27. The van der Waals surface area contributed by atoms with E-state index in [1.165, 1.54) is 11.1 Å². The highest BCUT2D eigenvalue weighted by Crippen LogP contribution is 2.10. The maximum atomic E-state index is 2.39. The van der Waals surface area contributed by atoms with Crippen molar-refractivity contribution in [2.24, 2.45) is 0 Å². The third kappa shape index (κ3) is 4.67. The Labute approximate surface area is 122 Å². The summed E-state index contributed by atoms with van der Waals surface area (Å²) < 4.78 is 0. The van der Waals surface area contributed by atoms with Gasteiger partial charge in [-0.2, -0.15) is 0 Å². The fourth-order valence-electron chi connectivity index (χ4n) is 2.17. The van der Waals surface area contributed by atoms with E-state index in [1.54, 1.807) is 0 Å². The number of benzene rings is 2. The monoisotopic (exact) mass is 265 g/mol. The Hall–Kier alpha value is -1.86. The summed E-state index contributed by atoms with van der Waals surface area (Å²) >= 11 is 0. The minimum Gasteiger partial charge on any atom is -0.299 e. The molecule has 2 rings (SSSR count). The Morgan fingerprint density at radius 1 is 0.950 bits per heavy atom. The summed E-state index contributed by atoms with van der Waals surface area (Å²) in [6.45, 7) is 3.28. The first-order valence-corrected chi connectivity index (χ1v) is 7.21. The van der Waals surface area contributed by atoms with Crippen molar-refractivity contribution in [3.05, 3.63) is 77.9 Å². The second-order valence-corrected chi connectivity index (χ2v) is 5.30. The van der Waals surface area contributed by atoms with Gasteiger partial charge in [0.2, 0.25) is 0 Å². The van der Waals surface area contributed by atoms with Gasteiger partial charge in [0, 0.05) is 12.6 Å². The van der Waals surface area contributed by atoms with Crippen LogP contribution in [0.2, 0.25) is 0 Å². The van der Waals surface area contributed by atoms with E-state index in [4.69, 9.17) is 0 Å². The van der Waals surface area contributed by atoms with Crippen LogP contribution in [0, 0.1) is 0 Å². The third-order valence-corrected chi connectivity index (χ3v) is 3.61. The average Bonchev–Trinajstić information content (AvgIpc) is 2.49.